The van der Waals surface area contributed by atoms with E-state index in [1.165, 1.54) is 51.2 Å². The molecule has 3 fully saturated rings. The number of carbonyl (C=O) groups excluding carboxylic acids is 1. The Hall–Kier alpha value is -0.670. The minimum absolute atomic E-state index is 0.00874. The van der Waals surface area contributed by atoms with Gasteiger partial charge in [0.15, 0.2) is 5.79 Å². The molecule has 1 saturated heterocycles. The first-order valence-corrected chi connectivity index (χ1v) is 14.2. The molecule has 2 saturated carbocycles. The topological polar surface area (TPSA) is 35.5 Å². The zero-order valence-corrected chi connectivity index (χ0v) is 22.0. The summed E-state index contributed by atoms with van der Waals surface area (Å²) < 4.78 is 12.2. The van der Waals surface area contributed by atoms with Gasteiger partial charge in [-0.15, -0.1) is 0 Å². The van der Waals surface area contributed by atoms with E-state index in [-0.39, 0.29) is 10.8 Å². The van der Waals surface area contributed by atoms with Crippen molar-refractivity contribution in [3.63, 3.8) is 0 Å². The van der Waals surface area contributed by atoms with Crippen LogP contribution in [0.4, 0.5) is 0 Å². The zero-order valence-electron chi connectivity index (χ0n) is 22.0. The highest BCUT2D eigenvalue weighted by molar-refractivity contribution is 5.65. The van der Waals surface area contributed by atoms with Crippen LogP contribution >= 0.6 is 0 Å². The number of carbonyl (C=O) groups is 1. The van der Waals surface area contributed by atoms with Crippen molar-refractivity contribution in [1.29, 1.82) is 0 Å². The van der Waals surface area contributed by atoms with Gasteiger partial charge in [0.2, 0.25) is 0 Å². The van der Waals surface area contributed by atoms with Crippen molar-refractivity contribution in [2.75, 3.05) is 13.2 Å². The van der Waals surface area contributed by atoms with Gasteiger partial charge in [-0.25, -0.2) is 0 Å². The predicted octanol–water partition coefficient (Wildman–Crippen LogP) is 7.48. The molecule has 0 radical (unpaired) electrons. The summed E-state index contributed by atoms with van der Waals surface area (Å²) in [7, 11) is 0. The summed E-state index contributed by atoms with van der Waals surface area (Å²) in [6.07, 6.45) is 15.6. The molecule has 3 heteroatoms. The standard InChI is InChI=1S/C30H48O3/c1-21(2)7-6-8-22(3)24-9-10-25-23-11-14-29(20-31)19-30(32-17-18-33-30)16-15-28(29,5)26(23)12-13-27(24,25)4/h20-22,24-25H,6-19H2,1-5H3/t22-,24-,25+,27-,28-,29-/m1/s1. The highest BCUT2D eigenvalue weighted by atomic mass is 16.7. The monoisotopic (exact) mass is 456 g/mol. The van der Waals surface area contributed by atoms with Crippen LogP contribution in [0.1, 0.15) is 112 Å². The van der Waals surface area contributed by atoms with E-state index in [1.807, 2.05) is 0 Å². The lowest BCUT2D eigenvalue weighted by Gasteiger charge is -2.60. The molecule has 0 aromatic rings. The van der Waals surface area contributed by atoms with Crippen LogP contribution in [-0.4, -0.2) is 25.3 Å². The lowest BCUT2D eigenvalue weighted by atomic mass is 9.45. The molecular formula is C30H48O3. The number of ether oxygens (including phenoxy) is 2. The smallest absolute Gasteiger partial charge is 0.169 e. The number of allylic oxidation sites excluding steroid dienone is 2. The van der Waals surface area contributed by atoms with Gasteiger partial charge in [0.1, 0.15) is 6.29 Å². The second-order valence-electron chi connectivity index (χ2n) is 13.4. The van der Waals surface area contributed by atoms with Crippen molar-refractivity contribution >= 4 is 6.29 Å². The molecule has 0 aromatic carbocycles. The molecule has 0 bridgehead atoms. The molecule has 1 heterocycles. The third-order valence-corrected chi connectivity index (χ3v) is 11.5. The third kappa shape index (κ3) is 3.62. The maximum Gasteiger partial charge on any atom is 0.169 e. The van der Waals surface area contributed by atoms with Crippen LogP contribution in [0.2, 0.25) is 0 Å². The first-order chi connectivity index (χ1) is 15.7. The molecule has 0 amide bonds. The summed E-state index contributed by atoms with van der Waals surface area (Å²) in [4.78, 5) is 12.8. The predicted molar refractivity (Wildman–Crippen MR) is 133 cm³/mol. The minimum Gasteiger partial charge on any atom is -0.347 e. The van der Waals surface area contributed by atoms with Crippen molar-refractivity contribution in [1.82, 2.24) is 0 Å². The number of rotatable bonds is 6. The number of fused-ring (bicyclic) bond motifs is 4. The average molecular weight is 457 g/mol. The fourth-order valence-corrected chi connectivity index (χ4v) is 9.50. The SMILES string of the molecule is CC(C)CCC[C@@H](C)[C@H]1CC[C@H]2C3=C(CC[C@]12C)[C@@]1(C)CCC2(C[C@@]1(C=O)CC3)OCCO2. The zero-order chi connectivity index (χ0) is 23.5. The molecule has 33 heavy (non-hydrogen) atoms. The third-order valence-electron chi connectivity index (χ3n) is 11.5. The molecule has 4 aliphatic carbocycles. The van der Waals surface area contributed by atoms with Crippen LogP contribution < -0.4 is 0 Å². The highest BCUT2D eigenvalue weighted by Crippen LogP contribution is 2.69. The van der Waals surface area contributed by atoms with Crippen LogP contribution in [0.25, 0.3) is 0 Å². The van der Waals surface area contributed by atoms with Gasteiger partial charge < -0.3 is 14.3 Å². The summed E-state index contributed by atoms with van der Waals surface area (Å²) in [5.74, 6) is 2.77. The van der Waals surface area contributed by atoms with Gasteiger partial charge in [-0.3, -0.25) is 0 Å². The molecule has 186 valence electrons. The van der Waals surface area contributed by atoms with Gasteiger partial charge in [-0.1, -0.05) is 65.0 Å². The van der Waals surface area contributed by atoms with Gasteiger partial charge in [0.25, 0.3) is 0 Å². The largest absolute Gasteiger partial charge is 0.347 e. The molecule has 6 atom stereocenters. The summed E-state index contributed by atoms with van der Waals surface area (Å²) in [6.45, 7) is 13.7. The molecule has 0 aromatic heterocycles. The Morgan fingerprint density at radius 3 is 2.42 bits per heavy atom. The van der Waals surface area contributed by atoms with E-state index >= 15 is 0 Å². The Morgan fingerprint density at radius 2 is 1.73 bits per heavy atom. The first kappa shape index (κ1) is 24.0. The molecule has 0 unspecified atom stereocenters. The first-order valence-electron chi connectivity index (χ1n) is 14.2. The molecule has 1 spiro atoms. The number of hydrogen-bond acceptors (Lipinski definition) is 3. The van der Waals surface area contributed by atoms with E-state index in [9.17, 15) is 4.79 Å². The minimum atomic E-state index is -0.495. The molecular weight excluding hydrogens is 408 g/mol. The number of hydrogen-bond donors (Lipinski definition) is 0. The summed E-state index contributed by atoms with van der Waals surface area (Å²) in [5.41, 5.74) is 3.60. The summed E-state index contributed by atoms with van der Waals surface area (Å²) >= 11 is 0. The Morgan fingerprint density at radius 1 is 0.970 bits per heavy atom. The van der Waals surface area contributed by atoms with Crippen molar-refractivity contribution in [2.24, 2.45) is 39.9 Å². The van der Waals surface area contributed by atoms with Gasteiger partial charge >= 0.3 is 0 Å². The maximum atomic E-state index is 12.8. The lowest BCUT2D eigenvalue weighted by molar-refractivity contribution is -0.223. The Kier molecular flexibility index (Phi) is 6.17. The van der Waals surface area contributed by atoms with Gasteiger partial charge in [0, 0.05) is 23.7 Å². The van der Waals surface area contributed by atoms with Crippen LogP contribution in [0.5, 0.6) is 0 Å². The average Bonchev–Trinajstić information content (AvgIpc) is 3.38. The van der Waals surface area contributed by atoms with Crippen LogP contribution in [0.15, 0.2) is 11.1 Å². The molecule has 1 aliphatic heterocycles. The summed E-state index contributed by atoms with van der Waals surface area (Å²) in [6, 6.07) is 0. The highest BCUT2D eigenvalue weighted by Gasteiger charge is 2.64. The molecule has 5 rings (SSSR count). The number of aldehydes is 1. The van der Waals surface area contributed by atoms with E-state index in [2.05, 4.69) is 34.6 Å². The van der Waals surface area contributed by atoms with Gasteiger partial charge in [-0.2, -0.15) is 0 Å². The van der Waals surface area contributed by atoms with Gasteiger partial charge in [0.05, 0.1) is 13.2 Å². The quantitative estimate of drug-likeness (QED) is 0.307. The Labute approximate surface area is 202 Å². The second kappa shape index (κ2) is 8.47. The van der Waals surface area contributed by atoms with E-state index in [4.69, 9.17) is 9.47 Å². The summed E-state index contributed by atoms with van der Waals surface area (Å²) in [5, 5.41) is 0. The van der Waals surface area contributed by atoms with Crippen LogP contribution in [0.3, 0.4) is 0 Å². The van der Waals surface area contributed by atoms with E-state index in [0.717, 1.165) is 55.8 Å². The van der Waals surface area contributed by atoms with Crippen LogP contribution in [-0.2, 0) is 14.3 Å². The normalized spacial score (nSPS) is 42.8. The maximum absolute atomic E-state index is 12.8. The fourth-order valence-electron chi connectivity index (χ4n) is 9.50. The van der Waals surface area contributed by atoms with Crippen LogP contribution in [0, 0.1) is 39.9 Å². The molecule has 5 aliphatic rings. The van der Waals surface area contributed by atoms with E-state index < -0.39 is 5.79 Å². The van der Waals surface area contributed by atoms with Crippen molar-refractivity contribution in [2.45, 2.75) is 117 Å². The van der Waals surface area contributed by atoms with Crippen molar-refractivity contribution < 1.29 is 14.3 Å². The lowest BCUT2D eigenvalue weighted by Crippen LogP contribution is -2.57. The second-order valence-corrected chi connectivity index (χ2v) is 13.4. The van der Waals surface area contributed by atoms with Crippen molar-refractivity contribution in [3.8, 4) is 0 Å². The Bertz CT molecular complexity index is 792. The van der Waals surface area contributed by atoms with Crippen molar-refractivity contribution in [3.05, 3.63) is 11.1 Å². The van der Waals surface area contributed by atoms with E-state index in [0.29, 0.717) is 18.6 Å². The van der Waals surface area contributed by atoms with E-state index in [1.54, 1.807) is 11.1 Å². The molecule has 0 N–H and O–H groups in total. The Balaban J connectivity index is 1.40. The molecule has 3 nitrogen and oxygen atoms in total. The fraction of sp³-hybridized carbons (Fsp3) is 0.900. The van der Waals surface area contributed by atoms with Gasteiger partial charge in [-0.05, 0) is 74.0 Å².